The van der Waals surface area contributed by atoms with Crippen LogP contribution in [0.4, 0.5) is 0 Å². The van der Waals surface area contributed by atoms with E-state index in [2.05, 4.69) is 25.5 Å². The molecule has 0 amide bonds. The van der Waals surface area contributed by atoms with E-state index in [1.165, 1.54) is 12.8 Å². The Kier molecular flexibility index (Phi) is 6.10. The van der Waals surface area contributed by atoms with Crippen molar-refractivity contribution in [3.05, 3.63) is 0 Å². The zero-order chi connectivity index (χ0) is 11.2. The molecule has 1 saturated carbocycles. The van der Waals surface area contributed by atoms with Gasteiger partial charge in [0.1, 0.15) is 0 Å². The van der Waals surface area contributed by atoms with Crippen LogP contribution in [0.3, 0.4) is 0 Å². The second-order valence-electron chi connectivity index (χ2n) is 4.57. The summed E-state index contributed by atoms with van der Waals surface area (Å²) >= 11 is 1.85. The van der Waals surface area contributed by atoms with Gasteiger partial charge in [0.05, 0.1) is 11.4 Å². The van der Waals surface area contributed by atoms with Crippen LogP contribution in [0.15, 0.2) is 0 Å². The zero-order valence-electron chi connectivity index (χ0n) is 10.4. The second kappa shape index (κ2) is 5.99. The largest absolute Gasteiger partial charge is 0.383 e. The predicted octanol–water partition coefficient (Wildman–Crippen LogP) is 3.23. The Morgan fingerprint density at radius 2 is 1.79 bits per heavy atom. The maximum Gasteiger partial charge on any atom is 0.0622 e. The van der Waals surface area contributed by atoms with E-state index in [0.717, 1.165) is 6.61 Å². The van der Waals surface area contributed by atoms with Crippen LogP contribution in [-0.2, 0) is 4.74 Å². The van der Waals surface area contributed by atoms with Gasteiger partial charge < -0.3 is 4.74 Å². The molecule has 0 radical (unpaired) electrons. The quantitative estimate of drug-likeness (QED) is 0.734. The molecule has 0 heterocycles. The number of methoxy groups -OCH3 is 1. The lowest BCUT2D eigenvalue weighted by molar-refractivity contribution is 0.194. The first-order chi connectivity index (χ1) is 6.47. The molecule has 0 aliphatic heterocycles. The molecule has 1 fully saturated rings. The molecule has 2 nitrogen and oxygen atoms in total. The minimum Gasteiger partial charge on any atom is -0.383 e. The highest BCUT2D eigenvalue weighted by Gasteiger charge is 2.44. The van der Waals surface area contributed by atoms with Crippen molar-refractivity contribution < 1.29 is 4.74 Å². The van der Waals surface area contributed by atoms with Crippen molar-refractivity contribution in [1.82, 2.24) is 4.72 Å². The van der Waals surface area contributed by atoms with Gasteiger partial charge in [0.25, 0.3) is 0 Å². The van der Waals surface area contributed by atoms with Gasteiger partial charge in [-0.05, 0) is 33.6 Å². The molecular formula is C11H25NOS. The summed E-state index contributed by atoms with van der Waals surface area (Å²) in [6.45, 7) is 11.4. The van der Waals surface area contributed by atoms with Gasteiger partial charge in [-0.3, -0.25) is 4.72 Å². The van der Waals surface area contributed by atoms with Crippen molar-refractivity contribution in [3.63, 3.8) is 0 Å². The SMILES string of the molecule is CC.COCC1(SNC(C)(C)C)CC1. The number of ether oxygens (including phenoxy) is 1. The molecule has 86 valence electrons. The summed E-state index contributed by atoms with van der Waals surface area (Å²) < 4.78 is 9.01. The highest BCUT2D eigenvalue weighted by molar-refractivity contribution is 7.99. The van der Waals surface area contributed by atoms with Gasteiger partial charge in [0, 0.05) is 12.6 Å². The Labute approximate surface area is 93.3 Å². The van der Waals surface area contributed by atoms with Crippen LogP contribution in [0.2, 0.25) is 0 Å². The molecule has 3 heteroatoms. The standard InChI is InChI=1S/C9H19NOS.C2H6/c1-8(2,3)10-12-9(5-6-9)7-11-4;1-2/h10H,5-7H2,1-4H3;1-2H3. The molecular weight excluding hydrogens is 194 g/mol. The van der Waals surface area contributed by atoms with E-state index in [1.807, 2.05) is 25.8 Å². The third-order valence-electron chi connectivity index (χ3n) is 1.79. The number of rotatable bonds is 4. The van der Waals surface area contributed by atoms with E-state index in [9.17, 15) is 0 Å². The van der Waals surface area contributed by atoms with Crippen LogP contribution < -0.4 is 4.72 Å². The highest BCUT2D eigenvalue weighted by Crippen LogP contribution is 2.47. The number of hydrogen-bond acceptors (Lipinski definition) is 3. The van der Waals surface area contributed by atoms with E-state index in [1.54, 1.807) is 7.11 Å². The monoisotopic (exact) mass is 219 g/mol. The summed E-state index contributed by atoms with van der Waals surface area (Å²) in [5.74, 6) is 0. The average molecular weight is 219 g/mol. The summed E-state index contributed by atoms with van der Waals surface area (Å²) in [5.41, 5.74) is 0.202. The summed E-state index contributed by atoms with van der Waals surface area (Å²) in [7, 11) is 1.78. The Bertz CT molecular complexity index is 150. The van der Waals surface area contributed by atoms with Gasteiger partial charge in [0.15, 0.2) is 0 Å². The van der Waals surface area contributed by atoms with E-state index >= 15 is 0 Å². The van der Waals surface area contributed by atoms with Gasteiger partial charge in [0.2, 0.25) is 0 Å². The number of hydrogen-bond donors (Lipinski definition) is 1. The minimum absolute atomic E-state index is 0.202. The summed E-state index contributed by atoms with van der Waals surface area (Å²) in [5, 5.41) is 0. The minimum atomic E-state index is 0.202. The molecule has 1 aliphatic carbocycles. The van der Waals surface area contributed by atoms with Crippen molar-refractivity contribution in [2.24, 2.45) is 0 Å². The van der Waals surface area contributed by atoms with Gasteiger partial charge in [-0.15, -0.1) is 0 Å². The van der Waals surface area contributed by atoms with E-state index in [-0.39, 0.29) is 5.54 Å². The average Bonchev–Trinajstić information content (AvgIpc) is 2.86. The Hall–Kier alpha value is 0.270. The van der Waals surface area contributed by atoms with Crippen LogP contribution in [0.1, 0.15) is 47.5 Å². The first-order valence-electron chi connectivity index (χ1n) is 5.42. The van der Waals surface area contributed by atoms with Crippen molar-refractivity contribution in [2.45, 2.75) is 57.7 Å². The lowest BCUT2D eigenvalue weighted by atomic mass is 10.1. The summed E-state index contributed by atoms with van der Waals surface area (Å²) in [6.07, 6.45) is 2.57. The molecule has 0 unspecified atom stereocenters. The Balaban J connectivity index is 0.000000791. The van der Waals surface area contributed by atoms with Gasteiger partial charge >= 0.3 is 0 Å². The zero-order valence-corrected chi connectivity index (χ0v) is 11.3. The third kappa shape index (κ3) is 5.89. The molecule has 1 aliphatic rings. The fourth-order valence-electron chi connectivity index (χ4n) is 0.940. The Morgan fingerprint density at radius 3 is 2.07 bits per heavy atom. The molecule has 0 atom stereocenters. The molecule has 0 aromatic rings. The van der Waals surface area contributed by atoms with E-state index in [0.29, 0.717) is 4.75 Å². The molecule has 0 saturated heterocycles. The normalized spacial score (nSPS) is 18.4. The smallest absolute Gasteiger partial charge is 0.0622 e. The topological polar surface area (TPSA) is 21.3 Å². The van der Waals surface area contributed by atoms with Crippen molar-refractivity contribution in [1.29, 1.82) is 0 Å². The van der Waals surface area contributed by atoms with Crippen molar-refractivity contribution >= 4 is 11.9 Å². The lowest BCUT2D eigenvalue weighted by Crippen LogP contribution is -2.33. The molecule has 0 spiro atoms. The molecule has 1 N–H and O–H groups in total. The number of nitrogens with one attached hydrogen (secondary N) is 1. The maximum atomic E-state index is 5.17. The second-order valence-corrected chi connectivity index (χ2v) is 5.84. The molecule has 0 aromatic heterocycles. The van der Waals surface area contributed by atoms with Crippen molar-refractivity contribution in [3.8, 4) is 0 Å². The van der Waals surface area contributed by atoms with E-state index in [4.69, 9.17) is 4.74 Å². The van der Waals surface area contributed by atoms with Gasteiger partial charge in [-0.2, -0.15) is 0 Å². The van der Waals surface area contributed by atoms with Crippen molar-refractivity contribution in [2.75, 3.05) is 13.7 Å². The van der Waals surface area contributed by atoms with Gasteiger partial charge in [-0.1, -0.05) is 25.8 Å². The fraction of sp³-hybridized carbons (Fsp3) is 1.00. The van der Waals surface area contributed by atoms with Crippen LogP contribution >= 0.6 is 11.9 Å². The van der Waals surface area contributed by atoms with Crippen LogP contribution in [0, 0.1) is 0 Å². The third-order valence-corrected chi connectivity index (χ3v) is 3.46. The highest BCUT2D eigenvalue weighted by atomic mass is 32.2. The first kappa shape index (κ1) is 14.3. The van der Waals surface area contributed by atoms with Gasteiger partial charge in [-0.25, -0.2) is 0 Å². The molecule has 14 heavy (non-hydrogen) atoms. The van der Waals surface area contributed by atoms with Crippen LogP contribution in [-0.4, -0.2) is 24.0 Å². The predicted molar refractivity (Wildman–Crippen MR) is 65.7 cm³/mol. The Morgan fingerprint density at radius 1 is 1.29 bits per heavy atom. The summed E-state index contributed by atoms with van der Waals surface area (Å²) in [6, 6.07) is 0. The van der Waals surface area contributed by atoms with E-state index < -0.39 is 0 Å². The fourth-order valence-corrected chi connectivity index (χ4v) is 1.95. The van der Waals surface area contributed by atoms with Crippen LogP contribution in [0.25, 0.3) is 0 Å². The summed E-state index contributed by atoms with van der Waals surface area (Å²) in [4.78, 5) is 0. The maximum absolute atomic E-state index is 5.17. The molecule has 1 rings (SSSR count). The van der Waals surface area contributed by atoms with Crippen LogP contribution in [0.5, 0.6) is 0 Å². The molecule has 0 bridgehead atoms. The molecule has 0 aromatic carbocycles. The lowest BCUT2D eigenvalue weighted by Gasteiger charge is -2.23. The first-order valence-corrected chi connectivity index (χ1v) is 6.23.